The number of unbranched alkanes of at least 4 members (excludes halogenated alkanes) is 2. The van der Waals surface area contributed by atoms with Gasteiger partial charge >= 0.3 is 0 Å². The molecule has 0 heterocycles. The highest BCUT2D eigenvalue weighted by Gasteiger charge is 2.48. The Balaban J connectivity index is 1.85. The van der Waals surface area contributed by atoms with E-state index in [0.29, 0.717) is 28.0 Å². The van der Waals surface area contributed by atoms with Gasteiger partial charge < -0.3 is 4.74 Å². The minimum absolute atomic E-state index is 0.0859. The summed E-state index contributed by atoms with van der Waals surface area (Å²) in [5.74, 6) is -1.16. The van der Waals surface area contributed by atoms with Crippen LogP contribution in [0.5, 0.6) is 5.75 Å². The third-order valence-electron chi connectivity index (χ3n) is 5.41. The maximum Gasteiger partial charge on any atom is 0.294 e. The van der Waals surface area contributed by atoms with Crippen molar-refractivity contribution >= 4 is 5.78 Å². The molecule has 0 fully saturated rings. The molecule has 3 aromatic carbocycles. The van der Waals surface area contributed by atoms with Gasteiger partial charge in [0.05, 0.1) is 0 Å². The Labute approximate surface area is 170 Å². The number of ketones is 1. The summed E-state index contributed by atoms with van der Waals surface area (Å²) in [5, 5.41) is 10.1. The van der Waals surface area contributed by atoms with Crippen LogP contribution in [0.25, 0.3) is 0 Å². The second-order valence-electron chi connectivity index (χ2n) is 7.33. The van der Waals surface area contributed by atoms with Crippen molar-refractivity contribution < 1.29 is 19.7 Å². The highest BCUT2D eigenvalue weighted by molar-refractivity contribution is 6.13. The molecule has 29 heavy (non-hydrogen) atoms. The van der Waals surface area contributed by atoms with Crippen LogP contribution >= 0.6 is 0 Å². The van der Waals surface area contributed by atoms with Crippen LogP contribution in [0.3, 0.4) is 0 Å². The van der Waals surface area contributed by atoms with Gasteiger partial charge in [0.25, 0.3) is 5.79 Å². The first-order valence-corrected chi connectivity index (χ1v) is 10.0. The van der Waals surface area contributed by atoms with Gasteiger partial charge in [-0.3, -0.25) is 4.79 Å². The molecular formula is C25H24O4. The Hall–Kier alpha value is -2.95. The van der Waals surface area contributed by atoms with Gasteiger partial charge in [-0.15, -0.1) is 0 Å². The minimum atomic E-state index is -1.61. The van der Waals surface area contributed by atoms with E-state index in [0.717, 1.165) is 31.2 Å². The van der Waals surface area contributed by atoms with Crippen molar-refractivity contribution in [1.29, 1.82) is 0 Å². The van der Waals surface area contributed by atoms with E-state index < -0.39 is 5.79 Å². The molecule has 0 saturated heterocycles. The molecule has 3 aromatic rings. The molecule has 1 atom stereocenters. The molecule has 4 nitrogen and oxygen atoms in total. The van der Waals surface area contributed by atoms with Crippen molar-refractivity contribution in [2.24, 2.45) is 0 Å². The van der Waals surface area contributed by atoms with E-state index in [1.807, 2.05) is 36.4 Å². The highest BCUT2D eigenvalue weighted by atomic mass is 17.1. The summed E-state index contributed by atoms with van der Waals surface area (Å²) in [6.45, 7) is 2.17. The Bertz CT molecular complexity index is 1010. The molecule has 0 spiro atoms. The van der Waals surface area contributed by atoms with Gasteiger partial charge in [-0.05, 0) is 36.6 Å². The largest absolute Gasteiger partial charge is 0.451 e. The lowest BCUT2D eigenvalue weighted by Crippen LogP contribution is -2.42. The lowest BCUT2D eigenvalue weighted by Gasteiger charge is -2.37. The normalized spacial score (nSPS) is 17.5. The summed E-state index contributed by atoms with van der Waals surface area (Å²) in [6.07, 6.45) is 4.27. The number of para-hydroxylation sites is 1. The Morgan fingerprint density at radius 1 is 0.862 bits per heavy atom. The molecule has 1 aliphatic rings. The predicted molar refractivity (Wildman–Crippen MR) is 111 cm³/mol. The smallest absolute Gasteiger partial charge is 0.294 e. The van der Waals surface area contributed by atoms with Crippen molar-refractivity contribution in [3.05, 3.63) is 101 Å². The highest BCUT2D eigenvalue weighted by Crippen LogP contribution is 2.43. The SMILES string of the molecule is CCCCCc1ccc2c(c1)C(=O)c1ccccc1C2(OO)Oc1ccccc1. The van der Waals surface area contributed by atoms with Gasteiger partial charge in [0.2, 0.25) is 0 Å². The van der Waals surface area contributed by atoms with E-state index in [9.17, 15) is 10.1 Å². The molecule has 1 aliphatic carbocycles. The average Bonchev–Trinajstić information content (AvgIpc) is 2.77. The van der Waals surface area contributed by atoms with Gasteiger partial charge in [0.1, 0.15) is 5.75 Å². The molecule has 0 aliphatic heterocycles. The van der Waals surface area contributed by atoms with Gasteiger partial charge in [0.15, 0.2) is 5.78 Å². The summed E-state index contributed by atoms with van der Waals surface area (Å²) in [7, 11) is 0. The number of carbonyl (C=O) groups excluding carboxylic acids is 1. The molecule has 148 valence electrons. The number of rotatable bonds is 7. The zero-order chi connectivity index (χ0) is 20.3. The molecule has 0 radical (unpaired) electrons. The van der Waals surface area contributed by atoms with Crippen molar-refractivity contribution in [3.63, 3.8) is 0 Å². The molecule has 0 bridgehead atoms. The van der Waals surface area contributed by atoms with E-state index >= 15 is 0 Å². The minimum Gasteiger partial charge on any atom is -0.451 e. The average molecular weight is 388 g/mol. The monoisotopic (exact) mass is 388 g/mol. The molecule has 1 N–H and O–H groups in total. The van der Waals surface area contributed by atoms with Gasteiger partial charge in [-0.2, -0.15) is 4.89 Å². The predicted octanol–water partition coefficient (Wildman–Crippen LogP) is 5.73. The Morgan fingerprint density at radius 3 is 2.34 bits per heavy atom. The van der Waals surface area contributed by atoms with E-state index in [4.69, 9.17) is 9.62 Å². The maximum atomic E-state index is 13.3. The number of fused-ring (bicyclic) bond motifs is 2. The molecule has 4 heteroatoms. The quantitative estimate of drug-likeness (QED) is 0.243. The lowest BCUT2D eigenvalue weighted by atomic mass is 9.79. The van der Waals surface area contributed by atoms with Crippen LogP contribution in [0.1, 0.15) is 58.8 Å². The van der Waals surface area contributed by atoms with Crippen LogP contribution in [0.2, 0.25) is 0 Å². The Kier molecular flexibility index (Phi) is 5.47. The number of hydrogen-bond donors (Lipinski definition) is 1. The Morgan fingerprint density at radius 2 is 1.59 bits per heavy atom. The van der Waals surface area contributed by atoms with Crippen LogP contribution < -0.4 is 4.74 Å². The third kappa shape index (κ3) is 3.46. The van der Waals surface area contributed by atoms with Crippen LogP contribution in [-0.2, 0) is 17.1 Å². The standard InChI is InChI=1S/C25H24O4/c1-2-3-5-10-18-15-16-23-21(17-18)24(26)20-13-8-9-14-22(20)25(23,29-27)28-19-11-6-4-7-12-19/h4,6-9,11-17,27H,2-3,5,10H2,1H3. The third-order valence-corrected chi connectivity index (χ3v) is 5.41. The van der Waals surface area contributed by atoms with E-state index in [2.05, 4.69) is 6.92 Å². The van der Waals surface area contributed by atoms with Crippen LogP contribution in [0.4, 0.5) is 0 Å². The number of ether oxygens (including phenoxy) is 1. The first-order valence-electron chi connectivity index (χ1n) is 10.0. The summed E-state index contributed by atoms with van der Waals surface area (Å²) in [4.78, 5) is 18.3. The number of benzene rings is 3. The summed E-state index contributed by atoms with van der Waals surface area (Å²) in [5.41, 5.74) is 3.06. The van der Waals surface area contributed by atoms with Gasteiger partial charge in [-0.1, -0.05) is 74.4 Å². The van der Waals surface area contributed by atoms with E-state index in [1.54, 1.807) is 36.4 Å². The lowest BCUT2D eigenvalue weighted by molar-refractivity contribution is -0.373. The fourth-order valence-electron chi connectivity index (χ4n) is 3.94. The van der Waals surface area contributed by atoms with Crippen molar-refractivity contribution in [1.82, 2.24) is 0 Å². The van der Waals surface area contributed by atoms with Crippen molar-refractivity contribution in [3.8, 4) is 5.75 Å². The van der Waals surface area contributed by atoms with Crippen LogP contribution in [0, 0.1) is 0 Å². The summed E-state index contributed by atoms with van der Waals surface area (Å²) in [6, 6.07) is 22.0. The number of aryl methyl sites for hydroxylation is 1. The summed E-state index contributed by atoms with van der Waals surface area (Å²) >= 11 is 0. The fourth-order valence-corrected chi connectivity index (χ4v) is 3.94. The first kappa shape index (κ1) is 19.4. The van der Waals surface area contributed by atoms with Gasteiger partial charge in [-0.25, -0.2) is 5.26 Å². The fraction of sp³-hybridized carbons (Fsp3) is 0.240. The van der Waals surface area contributed by atoms with Gasteiger partial charge in [0, 0.05) is 22.3 Å². The molecule has 0 saturated carbocycles. The first-order chi connectivity index (χ1) is 14.2. The number of carbonyl (C=O) groups is 1. The zero-order valence-corrected chi connectivity index (χ0v) is 16.4. The molecule has 4 rings (SSSR count). The second-order valence-corrected chi connectivity index (χ2v) is 7.33. The molecule has 1 unspecified atom stereocenters. The summed E-state index contributed by atoms with van der Waals surface area (Å²) < 4.78 is 6.21. The molecule has 0 aromatic heterocycles. The second kappa shape index (κ2) is 8.19. The molecular weight excluding hydrogens is 364 g/mol. The zero-order valence-electron chi connectivity index (χ0n) is 16.4. The topological polar surface area (TPSA) is 55.8 Å². The maximum absolute atomic E-state index is 13.3. The number of hydrogen-bond acceptors (Lipinski definition) is 4. The molecule has 0 amide bonds. The van der Waals surface area contributed by atoms with Crippen LogP contribution in [0.15, 0.2) is 72.8 Å². The van der Waals surface area contributed by atoms with E-state index in [1.165, 1.54) is 0 Å². The van der Waals surface area contributed by atoms with Crippen molar-refractivity contribution in [2.45, 2.75) is 38.4 Å². The van der Waals surface area contributed by atoms with Crippen LogP contribution in [-0.4, -0.2) is 11.0 Å². The van der Waals surface area contributed by atoms with E-state index in [-0.39, 0.29) is 5.78 Å². The van der Waals surface area contributed by atoms with Crippen molar-refractivity contribution in [2.75, 3.05) is 0 Å².